The summed E-state index contributed by atoms with van der Waals surface area (Å²) in [5, 5.41) is 19.3. The van der Waals surface area contributed by atoms with Gasteiger partial charge in [-0.2, -0.15) is 0 Å². The van der Waals surface area contributed by atoms with Gasteiger partial charge in [0.2, 0.25) is 5.91 Å². The second-order valence-corrected chi connectivity index (χ2v) is 12.3. The molecule has 6 atom stereocenters. The maximum Gasteiger partial charge on any atom is 0.313 e. The van der Waals surface area contributed by atoms with Crippen LogP contribution >= 0.6 is 0 Å². The SMILES string of the molecule is CC[C@]12/C=C\CCCOC(=O)[C@H]1[C@H]1C(=O)N([C@@H](CO)Cc3ccccc3)C3C(=O)N(Cn4nnc5ccccc54)CC=C[C@@]31O2. The quantitative estimate of drug-likeness (QED) is 0.319. The van der Waals surface area contributed by atoms with Crippen LogP contribution in [-0.2, 0) is 36.9 Å². The minimum Gasteiger partial charge on any atom is -0.465 e. The first kappa shape index (κ1) is 29.4. The van der Waals surface area contributed by atoms with E-state index < -0.39 is 47.0 Å². The number of para-hydroxylation sites is 1. The second kappa shape index (κ2) is 11.5. The van der Waals surface area contributed by atoms with E-state index in [9.17, 15) is 19.5 Å². The number of carbonyl (C=O) groups excluding carboxylic acids is 3. The predicted molar refractivity (Wildman–Crippen MR) is 163 cm³/mol. The van der Waals surface area contributed by atoms with Crippen LogP contribution in [0.5, 0.6) is 0 Å². The number of benzene rings is 2. The molecule has 0 saturated carbocycles. The Balaban J connectivity index is 1.35. The molecular formula is C34H37N5O6. The Kier molecular flexibility index (Phi) is 7.53. The van der Waals surface area contributed by atoms with Crippen molar-refractivity contribution >= 4 is 28.8 Å². The Morgan fingerprint density at radius 2 is 1.80 bits per heavy atom. The van der Waals surface area contributed by atoms with Crippen LogP contribution in [0, 0.1) is 11.8 Å². The molecule has 1 N–H and O–H groups in total. The number of ether oxygens (including phenoxy) is 2. The van der Waals surface area contributed by atoms with Crippen LogP contribution in [0.2, 0.25) is 0 Å². The van der Waals surface area contributed by atoms with Crippen molar-refractivity contribution in [2.45, 2.75) is 62.6 Å². The third-order valence-corrected chi connectivity index (χ3v) is 9.80. The molecule has 2 aromatic carbocycles. The first-order valence-electron chi connectivity index (χ1n) is 15.7. The number of hydrogen-bond donors (Lipinski definition) is 1. The van der Waals surface area contributed by atoms with Crippen LogP contribution in [-0.4, -0.2) is 90.7 Å². The summed E-state index contributed by atoms with van der Waals surface area (Å²) in [6, 6.07) is 15.2. The van der Waals surface area contributed by atoms with E-state index in [1.54, 1.807) is 9.58 Å². The van der Waals surface area contributed by atoms with Gasteiger partial charge in [0.25, 0.3) is 5.91 Å². The fraction of sp³-hybridized carbons (Fsp3) is 0.441. The largest absolute Gasteiger partial charge is 0.465 e. The number of aliphatic hydroxyl groups is 1. The van der Waals surface area contributed by atoms with Gasteiger partial charge in [-0.3, -0.25) is 14.4 Å². The van der Waals surface area contributed by atoms with Crippen molar-refractivity contribution in [3.63, 3.8) is 0 Å². The average Bonchev–Trinajstić information content (AvgIpc) is 3.65. The van der Waals surface area contributed by atoms with Gasteiger partial charge in [0, 0.05) is 6.54 Å². The number of aromatic nitrogens is 3. The van der Waals surface area contributed by atoms with E-state index in [1.807, 2.05) is 85.8 Å². The van der Waals surface area contributed by atoms with Gasteiger partial charge < -0.3 is 24.4 Å². The van der Waals surface area contributed by atoms with E-state index in [-0.39, 0.29) is 32.3 Å². The van der Waals surface area contributed by atoms with Crippen LogP contribution in [0.3, 0.4) is 0 Å². The smallest absolute Gasteiger partial charge is 0.313 e. The first-order valence-corrected chi connectivity index (χ1v) is 15.7. The highest BCUT2D eigenvalue weighted by molar-refractivity contribution is 5.99. The van der Waals surface area contributed by atoms with E-state index >= 15 is 0 Å². The van der Waals surface area contributed by atoms with E-state index in [2.05, 4.69) is 10.3 Å². The normalized spacial score (nSPS) is 31.0. The number of fused-ring (bicyclic) bond motifs is 3. The fourth-order valence-corrected chi connectivity index (χ4v) is 7.70. The van der Waals surface area contributed by atoms with Crippen LogP contribution in [0.15, 0.2) is 78.9 Å². The predicted octanol–water partition coefficient (Wildman–Crippen LogP) is 2.65. The molecule has 0 radical (unpaired) electrons. The van der Waals surface area contributed by atoms with Crippen molar-refractivity contribution in [1.82, 2.24) is 24.8 Å². The van der Waals surface area contributed by atoms with Crippen molar-refractivity contribution in [2.24, 2.45) is 11.8 Å². The number of esters is 1. The van der Waals surface area contributed by atoms with Crippen LogP contribution in [0.1, 0.15) is 31.7 Å². The molecule has 3 aromatic rings. The van der Waals surface area contributed by atoms with Crippen molar-refractivity contribution in [3.8, 4) is 0 Å². The molecule has 5 heterocycles. The van der Waals surface area contributed by atoms with Gasteiger partial charge in [-0.15, -0.1) is 5.10 Å². The van der Waals surface area contributed by atoms with E-state index in [4.69, 9.17) is 9.47 Å². The molecule has 2 amide bonds. The Labute approximate surface area is 261 Å². The summed E-state index contributed by atoms with van der Waals surface area (Å²) in [5.74, 6) is -3.23. The molecule has 7 rings (SSSR count). The average molecular weight is 612 g/mol. The number of aliphatic hydroxyl groups excluding tert-OH is 1. The monoisotopic (exact) mass is 611 g/mol. The van der Waals surface area contributed by atoms with Gasteiger partial charge >= 0.3 is 5.97 Å². The number of rotatable bonds is 7. The molecule has 4 aliphatic rings. The number of hydrogen-bond acceptors (Lipinski definition) is 8. The van der Waals surface area contributed by atoms with Crippen LogP contribution in [0.25, 0.3) is 11.0 Å². The van der Waals surface area contributed by atoms with Crippen molar-refractivity contribution in [2.75, 3.05) is 19.8 Å². The molecule has 0 bridgehead atoms. The summed E-state index contributed by atoms with van der Waals surface area (Å²) >= 11 is 0. The van der Waals surface area contributed by atoms with Gasteiger partial charge in [-0.1, -0.05) is 78.9 Å². The number of cyclic esters (lactones) is 1. The lowest BCUT2D eigenvalue weighted by Crippen LogP contribution is -2.59. The lowest BCUT2D eigenvalue weighted by atomic mass is 9.73. The number of allylic oxidation sites excluding steroid dienone is 1. The molecule has 11 nitrogen and oxygen atoms in total. The summed E-state index contributed by atoms with van der Waals surface area (Å²) in [7, 11) is 0. The maximum absolute atomic E-state index is 14.9. The minimum absolute atomic E-state index is 0.0930. The summed E-state index contributed by atoms with van der Waals surface area (Å²) < 4.78 is 14.4. The first-order chi connectivity index (χ1) is 21.9. The molecule has 234 valence electrons. The molecular weight excluding hydrogens is 574 g/mol. The highest BCUT2D eigenvalue weighted by Gasteiger charge is 2.75. The fourth-order valence-electron chi connectivity index (χ4n) is 7.70. The van der Waals surface area contributed by atoms with E-state index in [1.165, 1.54) is 4.90 Å². The summed E-state index contributed by atoms with van der Waals surface area (Å²) in [6.07, 6.45) is 9.64. The Morgan fingerprint density at radius 3 is 2.60 bits per heavy atom. The zero-order valence-electron chi connectivity index (χ0n) is 25.2. The van der Waals surface area contributed by atoms with Gasteiger partial charge in [0.1, 0.15) is 35.3 Å². The third-order valence-electron chi connectivity index (χ3n) is 9.80. The van der Waals surface area contributed by atoms with Gasteiger partial charge in [0.05, 0.1) is 30.7 Å². The lowest BCUT2D eigenvalue weighted by Gasteiger charge is -2.40. The molecule has 1 aromatic heterocycles. The topological polar surface area (TPSA) is 127 Å². The highest BCUT2D eigenvalue weighted by atomic mass is 16.6. The third kappa shape index (κ3) is 4.67. The van der Waals surface area contributed by atoms with Crippen molar-refractivity contribution in [3.05, 3.63) is 84.5 Å². The Hall–Kier alpha value is -4.35. The number of nitrogens with zero attached hydrogens (tertiary/aromatic N) is 5. The number of amides is 2. The van der Waals surface area contributed by atoms with E-state index in [0.29, 0.717) is 31.2 Å². The summed E-state index contributed by atoms with van der Waals surface area (Å²) in [5.41, 5.74) is -0.212. The molecule has 1 unspecified atom stereocenters. The van der Waals surface area contributed by atoms with Gasteiger partial charge in [0.15, 0.2) is 0 Å². The van der Waals surface area contributed by atoms with Crippen molar-refractivity contribution < 1.29 is 29.0 Å². The van der Waals surface area contributed by atoms with Gasteiger partial charge in [-0.05, 0) is 43.4 Å². The molecule has 2 saturated heterocycles. The number of likely N-dealkylation sites (tertiary alicyclic amines) is 1. The van der Waals surface area contributed by atoms with E-state index in [0.717, 1.165) is 11.1 Å². The summed E-state index contributed by atoms with van der Waals surface area (Å²) in [6.45, 7) is 2.11. The summed E-state index contributed by atoms with van der Waals surface area (Å²) in [4.78, 5) is 46.6. The zero-order valence-corrected chi connectivity index (χ0v) is 25.2. The molecule has 0 aliphatic carbocycles. The highest BCUT2D eigenvalue weighted by Crippen LogP contribution is 2.58. The van der Waals surface area contributed by atoms with Crippen LogP contribution < -0.4 is 0 Å². The zero-order chi connectivity index (χ0) is 31.2. The molecule has 4 aliphatic heterocycles. The van der Waals surface area contributed by atoms with Crippen LogP contribution in [0.4, 0.5) is 0 Å². The van der Waals surface area contributed by atoms with Crippen molar-refractivity contribution in [1.29, 1.82) is 0 Å². The Bertz CT molecular complexity index is 1670. The number of carbonyl (C=O) groups is 3. The molecule has 11 heteroatoms. The minimum atomic E-state index is -1.46. The molecule has 45 heavy (non-hydrogen) atoms. The lowest BCUT2D eigenvalue weighted by molar-refractivity contribution is -0.163. The second-order valence-electron chi connectivity index (χ2n) is 12.3. The molecule has 2 fully saturated rings. The standard InChI is InChI=1S/C34H37N5O6/c1-2-33-16-9-4-10-19-44-32(43)28(33)27-30(41)39(24(21-40)20-23-12-5-3-6-13-23)29-31(42)37(18-11-17-34(27,29)45-33)22-38-26-15-8-7-14-25(26)35-36-38/h3,5-9,11-17,24,27-29,40H,2,4,10,18-22H2,1H3/b16-9-/t24-,27+,28-,29?,33+,34+/m1/s1. The molecule has 1 spiro atoms. The van der Waals surface area contributed by atoms with Gasteiger partial charge in [-0.25, -0.2) is 4.68 Å². The maximum atomic E-state index is 14.9. The Morgan fingerprint density at radius 1 is 1.00 bits per heavy atom.